The van der Waals surface area contributed by atoms with Crippen LogP contribution in [0.1, 0.15) is 31.4 Å². The quantitative estimate of drug-likeness (QED) is 0.136. The van der Waals surface area contributed by atoms with Gasteiger partial charge in [-0.25, -0.2) is 8.42 Å². The van der Waals surface area contributed by atoms with E-state index < -0.39 is 28.5 Å². The van der Waals surface area contributed by atoms with Gasteiger partial charge in [0.25, 0.3) is 10.0 Å². The topological polar surface area (TPSA) is 105 Å². The first-order chi connectivity index (χ1) is 23.4. The number of ether oxygens (including phenoxy) is 2. The minimum Gasteiger partial charge on any atom is -0.493 e. The van der Waals surface area contributed by atoms with Crippen molar-refractivity contribution in [1.29, 1.82) is 0 Å². The number of halogens is 3. The van der Waals surface area contributed by atoms with Gasteiger partial charge in [-0.1, -0.05) is 78.1 Å². The van der Waals surface area contributed by atoms with E-state index in [-0.39, 0.29) is 46.3 Å². The lowest BCUT2D eigenvalue weighted by molar-refractivity contribution is -0.140. The highest BCUT2D eigenvalue weighted by Gasteiger charge is 2.35. The number of carbonyl (C=O) groups is 2. The van der Waals surface area contributed by atoms with Crippen LogP contribution in [-0.2, 0) is 32.6 Å². The van der Waals surface area contributed by atoms with E-state index in [0.29, 0.717) is 27.8 Å². The highest BCUT2D eigenvalue weighted by Crippen LogP contribution is 2.33. The van der Waals surface area contributed by atoms with Crippen LogP contribution in [0.25, 0.3) is 0 Å². The van der Waals surface area contributed by atoms with E-state index in [1.54, 1.807) is 18.2 Å². The smallest absolute Gasteiger partial charge is 0.264 e. The Morgan fingerprint density at radius 1 is 0.816 bits per heavy atom. The van der Waals surface area contributed by atoms with Crippen LogP contribution in [0.5, 0.6) is 11.5 Å². The molecule has 0 radical (unpaired) electrons. The van der Waals surface area contributed by atoms with E-state index in [1.165, 1.54) is 61.6 Å². The van der Waals surface area contributed by atoms with Crippen LogP contribution in [0, 0.1) is 0 Å². The summed E-state index contributed by atoms with van der Waals surface area (Å²) in [5.41, 5.74) is 1.59. The Hall–Kier alpha value is -3.96. The van der Waals surface area contributed by atoms with Crippen LogP contribution in [0.4, 0.5) is 5.69 Å². The molecule has 4 aromatic carbocycles. The Kier molecular flexibility index (Phi) is 13.2. The van der Waals surface area contributed by atoms with Crippen molar-refractivity contribution in [3.05, 3.63) is 117 Å². The van der Waals surface area contributed by atoms with Crippen LogP contribution < -0.4 is 19.1 Å². The van der Waals surface area contributed by atoms with Gasteiger partial charge in [0.2, 0.25) is 11.8 Å². The Labute approximate surface area is 302 Å². The Balaban J connectivity index is 1.84. The van der Waals surface area contributed by atoms with Crippen molar-refractivity contribution in [3.8, 4) is 11.5 Å². The number of nitrogens with one attached hydrogen (secondary N) is 1. The zero-order valence-electron chi connectivity index (χ0n) is 27.5. The second-order valence-corrected chi connectivity index (χ2v) is 14.4. The molecule has 260 valence electrons. The second kappa shape index (κ2) is 17.1. The van der Waals surface area contributed by atoms with Crippen LogP contribution in [0.15, 0.2) is 95.9 Å². The highest BCUT2D eigenvalue weighted by atomic mass is 35.5. The van der Waals surface area contributed by atoms with E-state index >= 15 is 0 Å². The van der Waals surface area contributed by atoms with Crippen molar-refractivity contribution in [2.75, 3.05) is 25.1 Å². The summed E-state index contributed by atoms with van der Waals surface area (Å²) in [7, 11) is -1.56. The fourth-order valence-electron chi connectivity index (χ4n) is 5.07. The summed E-state index contributed by atoms with van der Waals surface area (Å²) in [6, 6.07) is 23.3. The SMILES string of the molecule is CC[C@H](C)NC(=O)[C@@H](Cc1ccccc1)N(Cc1ccc(Cl)c(Cl)c1)C(=O)CN(c1ccc(Cl)cc1)S(=O)(=O)c1ccc(OC)c(OC)c1. The van der Waals surface area contributed by atoms with Gasteiger partial charge in [0.1, 0.15) is 12.6 Å². The molecule has 2 atom stereocenters. The molecule has 0 bridgehead atoms. The number of methoxy groups -OCH3 is 2. The highest BCUT2D eigenvalue weighted by molar-refractivity contribution is 7.92. The normalized spacial score (nSPS) is 12.5. The summed E-state index contributed by atoms with van der Waals surface area (Å²) in [6.07, 6.45) is 0.831. The molecule has 0 saturated carbocycles. The number of carbonyl (C=O) groups excluding carboxylic acids is 2. The molecule has 4 aromatic rings. The summed E-state index contributed by atoms with van der Waals surface area (Å²) in [4.78, 5) is 29.9. The number of nitrogens with zero attached hydrogens (tertiary/aromatic N) is 2. The van der Waals surface area contributed by atoms with Gasteiger partial charge in [0, 0.05) is 30.1 Å². The average Bonchev–Trinajstić information content (AvgIpc) is 3.10. The third-order valence-corrected chi connectivity index (χ3v) is 10.7. The molecular weight excluding hydrogens is 709 g/mol. The molecular formula is C36H38Cl3N3O6S. The molecule has 9 nitrogen and oxygen atoms in total. The standard InChI is InChI=1S/C36H38Cl3N3O6S/c1-5-24(2)40-36(44)32(20-25-9-7-6-8-10-25)41(22-26-11-17-30(38)31(39)19-26)35(43)23-42(28-14-12-27(37)13-15-28)49(45,46)29-16-18-33(47-3)34(21-29)48-4/h6-19,21,24,32H,5,20,22-23H2,1-4H3,(H,40,44)/t24-,32+/m0/s1. The lowest BCUT2D eigenvalue weighted by atomic mass is 10.0. The molecule has 0 aliphatic rings. The third-order valence-electron chi connectivity index (χ3n) is 7.95. The zero-order chi connectivity index (χ0) is 35.7. The van der Waals surface area contributed by atoms with Gasteiger partial charge in [-0.2, -0.15) is 0 Å². The van der Waals surface area contributed by atoms with Crippen LogP contribution in [-0.4, -0.2) is 58.0 Å². The molecule has 0 aromatic heterocycles. The molecule has 1 N–H and O–H groups in total. The Bertz CT molecular complexity index is 1860. The van der Waals surface area contributed by atoms with Crippen molar-refractivity contribution < 1.29 is 27.5 Å². The summed E-state index contributed by atoms with van der Waals surface area (Å²) in [5, 5.41) is 3.99. The van der Waals surface area contributed by atoms with Gasteiger partial charge >= 0.3 is 0 Å². The van der Waals surface area contributed by atoms with Crippen molar-refractivity contribution in [2.24, 2.45) is 0 Å². The minimum absolute atomic E-state index is 0.0635. The number of anilines is 1. The third kappa shape index (κ3) is 9.60. The zero-order valence-corrected chi connectivity index (χ0v) is 30.6. The summed E-state index contributed by atoms with van der Waals surface area (Å²) < 4.78 is 40.4. The summed E-state index contributed by atoms with van der Waals surface area (Å²) in [5.74, 6) is -0.492. The van der Waals surface area contributed by atoms with Gasteiger partial charge < -0.3 is 19.7 Å². The summed E-state index contributed by atoms with van der Waals surface area (Å²) in [6.45, 7) is 3.10. The van der Waals surface area contributed by atoms with Crippen molar-refractivity contribution >= 4 is 62.3 Å². The maximum absolute atomic E-state index is 14.7. The lowest BCUT2D eigenvalue weighted by Crippen LogP contribution is -2.54. The van der Waals surface area contributed by atoms with E-state index in [2.05, 4.69) is 5.32 Å². The van der Waals surface area contributed by atoms with Crippen LogP contribution in [0.3, 0.4) is 0 Å². The molecule has 0 aliphatic heterocycles. The molecule has 0 spiro atoms. The molecule has 4 rings (SSSR count). The monoisotopic (exact) mass is 745 g/mol. The number of sulfonamides is 1. The number of rotatable bonds is 15. The van der Waals surface area contributed by atoms with Gasteiger partial charge in [-0.05, 0) is 73.0 Å². The average molecular weight is 747 g/mol. The van der Waals surface area contributed by atoms with Crippen molar-refractivity contribution in [3.63, 3.8) is 0 Å². The van der Waals surface area contributed by atoms with Crippen molar-refractivity contribution in [2.45, 2.75) is 50.2 Å². The Morgan fingerprint density at radius 3 is 2.10 bits per heavy atom. The summed E-state index contributed by atoms with van der Waals surface area (Å²) >= 11 is 18.7. The number of amides is 2. The molecule has 0 saturated heterocycles. The van der Waals surface area contributed by atoms with Crippen molar-refractivity contribution in [1.82, 2.24) is 10.2 Å². The fraction of sp³-hybridized carbons (Fsp3) is 0.278. The largest absolute Gasteiger partial charge is 0.493 e. The molecule has 2 amide bonds. The number of hydrogen-bond donors (Lipinski definition) is 1. The first-order valence-corrected chi connectivity index (χ1v) is 18.0. The maximum atomic E-state index is 14.7. The van der Waals surface area contributed by atoms with Gasteiger partial charge in [0.05, 0.1) is 34.8 Å². The fourth-order valence-corrected chi connectivity index (χ4v) is 6.95. The van der Waals surface area contributed by atoms with Gasteiger partial charge in [0.15, 0.2) is 11.5 Å². The first kappa shape index (κ1) is 37.9. The number of hydrogen-bond acceptors (Lipinski definition) is 6. The lowest BCUT2D eigenvalue weighted by Gasteiger charge is -2.34. The maximum Gasteiger partial charge on any atom is 0.264 e. The van der Waals surface area contributed by atoms with Gasteiger partial charge in [-0.15, -0.1) is 0 Å². The predicted molar refractivity (Wildman–Crippen MR) is 194 cm³/mol. The van der Waals surface area contributed by atoms with E-state index in [4.69, 9.17) is 44.3 Å². The minimum atomic E-state index is -4.40. The van der Waals surface area contributed by atoms with E-state index in [9.17, 15) is 18.0 Å². The molecule has 49 heavy (non-hydrogen) atoms. The second-order valence-electron chi connectivity index (χ2n) is 11.3. The Morgan fingerprint density at radius 2 is 1.49 bits per heavy atom. The van der Waals surface area contributed by atoms with Gasteiger partial charge in [-0.3, -0.25) is 13.9 Å². The van der Waals surface area contributed by atoms with Crippen LogP contribution in [0.2, 0.25) is 15.1 Å². The first-order valence-electron chi connectivity index (χ1n) is 15.5. The molecule has 13 heteroatoms. The molecule has 0 fully saturated rings. The number of benzene rings is 4. The molecule has 0 aliphatic carbocycles. The van der Waals surface area contributed by atoms with Crippen LogP contribution >= 0.6 is 34.8 Å². The predicted octanol–water partition coefficient (Wildman–Crippen LogP) is 7.41. The van der Waals surface area contributed by atoms with E-state index in [0.717, 1.165) is 9.87 Å². The molecule has 0 heterocycles. The van der Waals surface area contributed by atoms with E-state index in [1.807, 2.05) is 44.2 Å². The molecule has 0 unspecified atom stereocenters.